The van der Waals surface area contributed by atoms with Crippen molar-refractivity contribution in [2.75, 3.05) is 19.6 Å². The first-order valence-corrected chi connectivity index (χ1v) is 8.44. The van der Waals surface area contributed by atoms with Gasteiger partial charge in [0.2, 0.25) is 0 Å². The van der Waals surface area contributed by atoms with E-state index in [1.165, 1.54) is 0 Å². The van der Waals surface area contributed by atoms with Crippen molar-refractivity contribution in [2.45, 2.75) is 57.9 Å². The molecule has 6 heteroatoms. The molecule has 0 radical (unpaired) electrons. The van der Waals surface area contributed by atoms with Crippen molar-refractivity contribution in [2.24, 2.45) is 5.73 Å². The molecule has 3 N–H and O–H groups in total. The minimum absolute atomic E-state index is 0.352. The molecule has 0 aromatic rings. The van der Waals surface area contributed by atoms with E-state index in [-0.39, 0.29) is 5.54 Å². The number of hydrogen-bond acceptors (Lipinski definition) is 3. The maximum atomic E-state index is 12.4. The summed E-state index contributed by atoms with van der Waals surface area (Å²) in [7, 11) is -3.40. The Hall–Kier alpha value is -0.170. The minimum atomic E-state index is -3.40. The first-order valence-electron chi connectivity index (χ1n) is 7.00. The van der Waals surface area contributed by atoms with Crippen molar-refractivity contribution in [3.05, 3.63) is 0 Å². The third-order valence-corrected chi connectivity index (χ3v) is 5.41. The minimum Gasteiger partial charge on any atom is -0.329 e. The van der Waals surface area contributed by atoms with Gasteiger partial charge in [-0.05, 0) is 25.7 Å². The molecule has 1 aliphatic carbocycles. The largest absolute Gasteiger partial charge is 0.329 e. The van der Waals surface area contributed by atoms with Crippen molar-refractivity contribution in [1.82, 2.24) is 9.03 Å². The first-order chi connectivity index (χ1) is 8.52. The zero-order chi connectivity index (χ0) is 13.6. The Balaban J connectivity index is 2.93. The van der Waals surface area contributed by atoms with Crippen molar-refractivity contribution in [3.63, 3.8) is 0 Å². The molecular weight excluding hydrogens is 250 g/mol. The molecule has 0 spiro atoms. The molecule has 1 aliphatic rings. The van der Waals surface area contributed by atoms with Crippen LogP contribution in [0.4, 0.5) is 0 Å². The van der Waals surface area contributed by atoms with Gasteiger partial charge in [-0.25, -0.2) is 4.72 Å². The maximum Gasteiger partial charge on any atom is 0.279 e. The average Bonchev–Trinajstić information content (AvgIpc) is 2.83. The lowest BCUT2D eigenvalue weighted by Crippen LogP contribution is -2.57. The number of nitrogens with two attached hydrogens (primary N) is 1. The van der Waals surface area contributed by atoms with Gasteiger partial charge in [0.25, 0.3) is 10.2 Å². The Kier molecular flexibility index (Phi) is 6.04. The molecule has 0 bridgehead atoms. The molecule has 0 aliphatic heterocycles. The van der Waals surface area contributed by atoms with Crippen LogP contribution in [0.1, 0.15) is 52.4 Å². The summed E-state index contributed by atoms with van der Waals surface area (Å²) >= 11 is 0. The summed E-state index contributed by atoms with van der Waals surface area (Å²) in [5.74, 6) is 0. The van der Waals surface area contributed by atoms with Crippen molar-refractivity contribution < 1.29 is 8.42 Å². The van der Waals surface area contributed by atoms with Crippen LogP contribution < -0.4 is 10.5 Å². The van der Waals surface area contributed by atoms with Gasteiger partial charge in [-0.15, -0.1) is 0 Å². The number of hydrogen-bond donors (Lipinski definition) is 2. The normalized spacial score (nSPS) is 19.6. The summed E-state index contributed by atoms with van der Waals surface area (Å²) in [6, 6.07) is 0. The maximum absolute atomic E-state index is 12.4. The van der Waals surface area contributed by atoms with Gasteiger partial charge in [0.05, 0.1) is 0 Å². The Labute approximate surface area is 111 Å². The smallest absolute Gasteiger partial charge is 0.279 e. The summed E-state index contributed by atoms with van der Waals surface area (Å²) in [5.41, 5.74) is 5.54. The van der Waals surface area contributed by atoms with Crippen LogP contribution in [-0.2, 0) is 10.2 Å². The van der Waals surface area contributed by atoms with E-state index < -0.39 is 10.2 Å². The van der Waals surface area contributed by atoms with Crippen LogP contribution in [0.15, 0.2) is 0 Å². The molecule has 0 saturated heterocycles. The second kappa shape index (κ2) is 6.84. The Bertz CT molecular complexity index is 337. The van der Waals surface area contributed by atoms with E-state index >= 15 is 0 Å². The highest BCUT2D eigenvalue weighted by atomic mass is 32.2. The molecule has 1 rings (SSSR count). The Morgan fingerprint density at radius 1 is 1.22 bits per heavy atom. The van der Waals surface area contributed by atoms with E-state index in [9.17, 15) is 8.42 Å². The summed E-state index contributed by atoms with van der Waals surface area (Å²) < 4.78 is 29.1. The predicted molar refractivity (Wildman–Crippen MR) is 74.5 cm³/mol. The SMILES string of the molecule is CCCNS(=O)(=O)N(CCC)C1(CN)CCCC1. The van der Waals surface area contributed by atoms with Gasteiger partial charge in [-0.2, -0.15) is 12.7 Å². The third kappa shape index (κ3) is 3.44. The molecule has 5 nitrogen and oxygen atoms in total. The lowest BCUT2D eigenvalue weighted by molar-refractivity contribution is 0.195. The van der Waals surface area contributed by atoms with Gasteiger partial charge in [-0.3, -0.25) is 0 Å². The third-order valence-electron chi connectivity index (χ3n) is 3.69. The zero-order valence-corrected chi connectivity index (χ0v) is 12.4. The molecule has 18 heavy (non-hydrogen) atoms. The average molecular weight is 277 g/mol. The molecule has 0 aromatic carbocycles. The Morgan fingerprint density at radius 3 is 2.28 bits per heavy atom. The van der Waals surface area contributed by atoms with Crippen LogP contribution in [0.3, 0.4) is 0 Å². The molecular formula is C12H27N3O2S. The number of rotatable bonds is 8. The second-order valence-electron chi connectivity index (χ2n) is 5.11. The fourth-order valence-corrected chi connectivity index (χ4v) is 4.52. The number of nitrogens with one attached hydrogen (secondary N) is 1. The molecule has 0 amide bonds. The van der Waals surface area contributed by atoms with E-state index in [0.29, 0.717) is 19.6 Å². The van der Waals surface area contributed by atoms with Gasteiger partial charge >= 0.3 is 0 Å². The van der Waals surface area contributed by atoms with E-state index in [4.69, 9.17) is 5.73 Å². The lowest BCUT2D eigenvalue weighted by Gasteiger charge is -2.39. The molecule has 108 valence electrons. The van der Waals surface area contributed by atoms with Crippen molar-refractivity contribution in [3.8, 4) is 0 Å². The lowest BCUT2D eigenvalue weighted by atomic mass is 9.98. The van der Waals surface area contributed by atoms with Crippen LogP contribution in [-0.4, -0.2) is 37.9 Å². The van der Waals surface area contributed by atoms with E-state index in [1.54, 1.807) is 4.31 Å². The zero-order valence-electron chi connectivity index (χ0n) is 11.6. The highest BCUT2D eigenvalue weighted by Gasteiger charge is 2.43. The fourth-order valence-electron chi connectivity index (χ4n) is 2.71. The summed E-state index contributed by atoms with van der Waals surface area (Å²) in [6.45, 7) is 5.42. The predicted octanol–water partition coefficient (Wildman–Crippen LogP) is 1.21. The molecule has 0 atom stereocenters. The summed E-state index contributed by atoms with van der Waals surface area (Å²) in [6.07, 6.45) is 5.53. The van der Waals surface area contributed by atoms with Crippen LogP contribution in [0.5, 0.6) is 0 Å². The topological polar surface area (TPSA) is 75.4 Å². The fraction of sp³-hybridized carbons (Fsp3) is 1.00. The van der Waals surface area contributed by atoms with Crippen LogP contribution in [0.2, 0.25) is 0 Å². The van der Waals surface area contributed by atoms with Crippen LogP contribution >= 0.6 is 0 Å². The second-order valence-corrected chi connectivity index (χ2v) is 6.79. The van der Waals surface area contributed by atoms with Gasteiger partial charge in [-0.1, -0.05) is 26.7 Å². The first kappa shape index (κ1) is 15.9. The van der Waals surface area contributed by atoms with Crippen LogP contribution in [0.25, 0.3) is 0 Å². The number of nitrogens with zero attached hydrogens (tertiary/aromatic N) is 1. The quantitative estimate of drug-likeness (QED) is 0.700. The molecule has 1 saturated carbocycles. The standard InChI is InChI=1S/C12H27N3O2S/c1-3-9-14-18(16,17)15(10-4-2)12(11-13)7-5-6-8-12/h14H,3-11,13H2,1-2H3. The highest BCUT2D eigenvalue weighted by molar-refractivity contribution is 7.87. The molecule has 1 fully saturated rings. The van der Waals surface area contributed by atoms with Crippen molar-refractivity contribution in [1.29, 1.82) is 0 Å². The monoisotopic (exact) mass is 277 g/mol. The van der Waals surface area contributed by atoms with Crippen molar-refractivity contribution >= 4 is 10.2 Å². The van der Waals surface area contributed by atoms with E-state index in [2.05, 4.69) is 4.72 Å². The van der Waals surface area contributed by atoms with Gasteiger partial charge in [0, 0.05) is 25.2 Å². The molecule has 0 heterocycles. The summed E-state index contributed by atoms with van der Waals surface area (Å²) in [4.78, 5) is 0. The molecule has 0 aromatic heterocycles. The summed E-state index contributed by atoms with van der Waals surface area (Å²) in [5, 5.41) is 0. The van der Waals surface area contributed by atoms with E-state index in [1.807, 2.05) is 13.8 Å². The van der Waals surface area contributed by atoms with Crippen LogP contribution in [0, 0.1) is 0 Å². The van der Waals surface area contributed by atoms with Gasteiger partial charge < -0.3 is 5.73 Å². The van der Waals surface area contributed by atoms with Gasteiger partial charge in [0.15, 0.2) is 0 Å². The molecule has 0 unspecified atom stereocenters. The van der Waals surface area contributed by atoms with E-state index in [0.717, 1.165) is 38.5 Å². The Morgan fingerprint density at radius 2 is 1.83 bits per heavy atom. The van der Waals surface area contributed by atoms with Gasteiger partial charge in [0.1, 0.15) is 0 Å². The highest BCUT2D eigenvalue weighted by Crippen LogP contribution is 2.36.